The summed E-state index contributed by atoms with van der Waals surface area (Å²) in [5, 5.41) is 29.8. The maximum Gasteiger partial charge on any atom is 0.303 e. The molecule has 5 aliphatic heterocycles. The van der Waals surface area contributed by atoms with Crippen molar-refractivity contribution in [2.24, 2.45) is 11.8 Å². The van der Waals surface area contributed by atoms with Crippen LogP contribution in [-0.4, -0.2) is 62.0 Å². The summed E-state index contributed by atoms with van der Waals surface area (Å²) in [6, 6.07) is -0.0401. The minimum atomic E-state index is -0.881. The van der Waals surface area contributed by atoms with Crippen molar-refractivity contribution in [1.29, 1.82) is 0 Å². The van der Waals surface area contributed by atoms with Gasteiger partial charge >= 0.3 is 11.9 Å². The van der Waals surface area contributed by atoms with Crippen LogP contribution in [0.15, 0.2) is 46.3 Å². The highest BCUT2D eigenvalue weighted by atomic mass is 32.2. The molecule has 1 aromatic rings. The van der Waals surface area contributed by atoms with Crippen LogP contribution in [0.1, 0.15) is 69.0 Å². The van der Waals surface area contributed by atoms with Gasteiger partial charge in [0.25, 0.3) is 0 Å². The highest BCUT2D eigenvalue weighted by Gasteiger charge is 2.55. The summed E-state index contributed by atoms with van der Waals surface area (Å²) in [4.78, 5) is 44.9. The summed E-state index contributed by atoms with van der Waals surface area (Å²) in [7, 11) is 0. The lowest BCUT2D eigenvalue weighted by molar-refractivity contribution is -0.138. The molecule has 1 aromatic heterocycles. The van der Waals surface area contributed by atoms with E-state index in [0.29, 0.717) is 24.5 Å². The number of carboxylic acid groups (broad SMARTS) is 2. The van der Waals surface area contributed by atoms with Crippen LogP contribution in [0, 0.1) is 18.8 Å². The fourth-order valence-corrected chi connectivity index (χ4v) is 8.15. The van der Waals surface area contributed by atoms with E-state index in [1.165, 1.54) is 11.8 Å². The number of hydroxylamine groups is 1. The van der Waals surface area contributed by atoms with E-state index in [0.717, 1.165) is 62.0 Å². The number of hydrogen-bond donors (Lipinski definition) is 7. The largest absolute Gasteiger partial charge is 0.481 e. The molecule has 0 aliphatic carbocycles. The summed E-state index contributed by atoms with van der Waals surface area (Å²) in [6.07, 6.45) is 7.19. The minimum absolute atomic E-state index is 0.00669. The number of aliphatic carboxylic acids is 2. The Hall–Kier alpha value is -3.58. The van der Waals surface area contributed by atoms with Gasteiger partial charge in [0.2, 0.25) is 11.8 Å². The first kappa shape index (κ1) is 31.4. The monoisotopic (exact) mass is 636 g/mol. The SMILES string of the molecule is C=CC1=C(C)[C@@H](CC2N/C(=C/c3[nH]c(/C=C4/NC(=O)[C@H](C)[C@H]4[C@@H]4C[SH+]4)c(C)c3CCC(=O)O)C(CCC(=O)O)=C2C)N[C@@]12NO2. The zero-order valence-electron chi connectivity index (χ0n) is 26.0. The van der Waals surface area contributed by atoms with Crippen molar-refractivity contribution in [1.82, 2.24) is 26.4 Å². The van der Waals surface area contributed by atoms with Crippen LogP contribution in [-0.2, 0) is 37.4 Å². The van der Waals surface area contributed by atoms with E-state index < -0.39 is 17.8 Å². The summed E-state index contributed by atoms with van der Waals surface area (Å²) in [5.41, 5.74) is 12.3. The Morgan fingerprint density at radius 3 is 2.36 bits per heavy atom. The summed E-state index contributed by atoms with van der Waals surface area (Å²) in [6.45, 7) is 12.0. The molecule has 1 spiro atoms. The van der Waals surface area contributed by atoms with Crippen LogP contribution in [0.4, 0.5) is 0 Å². The molecule has 5 aliphatic rings. The Morgan fingerprint density at radius 1 is 1.07 bits per heavy atom. The molecular formula is C33H42N5O6S+. The van der Waals surface area contributed by atoms with E-state index in [2.05, 4.69) is 39.9 Å². The fraction of sp³-hybridized carbons (Fsp3) is 0.485. The number of carbonyl (C=O) groups excluding carboxylic acids is 1. The van der Waals surface area contributed by atoms with E-state index in [-0.39, 0.29) is 42.7 Å². The number of aromatic amines is 1. The number of allylic oxidation sites excluding steroid dienone is 2. The maximum atomic E-state index is 12.6. The molecule has 6 heterocycles. The van der Waals surface area contributed by atoms with Crippen molar-refractivity contribution >= 4 is 41.8 Å². The highest BCUT2D eigenvalue weighted by Crippen LogP contribution is 2.41. The molecule has 3 fully saturated rings. The quantitative estimate of drug-likeness (QED) is 0.103. The van der Waals surface area contributed by atoms with E-state index in [4.69, 9.17) is 4.84 Å². The molecular weight excluding hydrogens is 594 g/mol. The molecule has 12 heteroatoms. The van der Waals surface area contributed by atoms with Crippen molar-refractivity contribution in [2.45, 2.75) is 83.0 Å². The number of thiol groups is 1. The van der Waals surface area contributed by atoms with E-state index in [1.807, 2.05) is 32.9 Å². The number of rotatable bonds is 12. The third kappa shape index (κ3) is 6.04. The van der Waals surface area contributed by atoms with E-state index in [1.54, 1.807) is 6.08 Å². The zero-order chi connectivity index (χ0) is 32.2. The average Bonchev–Trinajstić information content (AvgIpc) is 3.87. The predicted octanol–water partition coefficient (Wildman–Crippen LogP) is 2.81. The maximum absolute atomic E-state index is 12.6. The molecule has 6 rings (SSSR count). The molecule has 1 amide bonds. The lowest BCUT2D eigenvalue weighted by Crippen LogP contribution is -2.41. The first-order valence-corrected chi connectivity index (χ1v) is 16.7. The Bertz CT molecular complexity index is 1590. The molecule has 240 valence electrons. The molecule has 11 nitrogen and oxygen atoms in total. The Balaban J connectivity index is 1.34. The number of nitrogens with one attached hydrogen (secondary N) is 5. The van der Waals surface area contributed by atoms with Crippen LogP contribution < -0.4 is 21.4 Å². The number of carboxylic acids is 2. The average molecular weight is 637 g/mol. The first-order valence-electron chi connectivity index (χ1n) is 15.5. The number of amides is 1. The molecule has 0 bridgehead atoms. The van der Waals surface area contributed by atoms with Gasteiger partial charge < -0.3 is 25.8 Å². The molecule has 0 aromatic carbocycles. The van der Waals surface area contributed by atoms with Crippen molar-refractivity contribution < 1.29 is 29.4 Å². The number of carbonyl (C=O) groups is 3. The van der Waals surface area contributed by atoms with Crippen LogP contribution in [0.2, 0.25) is 0 Å². The second kappa shape index (κ2) is 12.0. The van der Waals surface area contributed by atoms with Gasteiger partial charge in [0.1, 0.15) is 0 Å². The third-order valence-corrected chi connectivity index (χ3v) is 11.1. The fourth-order valence-electron chi connectivity index (χ4n) is 7.16. The first-order chi connectivity index (χ1) is 21.4. The van der Waals surface area contributed by atoms with Crippen LogP contribution >= 0.6 is 0 Å². The molecule has 0 saturated carbocycles. The third-order valence-electron chi connectivity index (χ3n) is 9.94. The Morgan fingerprint density at radius 2 is 1.76 bits per heavy atom. The van der Waals surface area contributed by atoms with Crippen LogP contribution in [0.5, 0.6) is 0 Å². The van der Waals surface area contributed by atoms with Gasteiger partial charge in [-0.25, -0.2) is 0 Å². The molecule has 7 N–H and O–H groups in total. The van der Waals surface area contributed by atoms with Gasteiger partial charge in [0.15, 0.2) is 11.0 Å². The molecule has 3 saturated heterocycles. The van der Waals surface area contributed by atoms with Gasteiger partial charge in [0.05, 0.1) is 5.92 Å². The van der Waals surface area contributed by atoms with Gasteiger partial charge in [-0.2, -0.15) is 0 Å². The standard InChI is InChI=1S/C33H41N5O6S/c1-6-21-17(4)24(37-33(21)38-44-33)11-22-15(2)19(7-9-29(39)40)25(34-22)13-26-20(8-10-30(41)42)16(3)23(35-26)12-27-31(28-14-45-28)18(5)32(43)36-27/h6,12-13,18,22,24,28,31,34-35,37-38H,1,7-11,14H2,2-5H3,(H,36,43)(H,39,40)(H,41,42)/p+1/b25-13+,27-12+/t18-,22?,24-,28+,31-,33-/m1/s1. The molecule has 1 unspecified atom stereocenters. The Kier molecular flexibility index (Phi) is 8.36. The van der Waals surface area contributed by atoms with Gasteiger partial charge in [0, 0.05) is 59.2 Å². The molecule has 45 heavy (non-hydrogen) atoms. The zero-order valence-corrected chi connectivity index (χ0v) is 26.9. The van der Waals surface area contributed by atoms with E-state index in [9.17, 15) is 24.6 Å². The second-order valence-corrected chi connectivity index (χ2v) is 14.1. The van der Waals surface area contributed by atoms with Gasteiger partial charge in [-0.3, -0.25) is 24.5 Å². The van der Waals surface area contributed by atoms with Gasteiger partial charge in [-0.1, -0.05) is 19.6 Å². The smallest absolute Gasteiger partial charge is 0.303 e. The van der Waals surface area contributed by atoms with Crippen LogP contribution in [0.3, 0.4) is 0 Å². The van der Waals surface area contributed by atoms with Gasteiger partial charge in [-0.15, -0.1) is 5.48 Å². The van der Waals surface area contributed by atoms with E-state index >= 15 is 0 Å². The minimum Gasteiger partial charge on any atom is -0.481 e. The summed E-state index contributed by atoms with van der Waals surface area (Å²) < 4.78 is 0. The second-order valence-electron chi connectivity index (χ2n) is 12.7. The number of aromatic nitrogens is 1. The summed E-state index contributed by atoms with van der Waals surface area (Å²) >= 11 is 1.37. The number of H-pyrrole nitrogens is 1. The highest BCUT2D eigenvalue weighted by molar-refractivity contribution is 7.86. The van der Waals surface area contributed by atoms with Crippen molar-refractivity contribution in [2.75, 3.05) is 5.75 Å². The predicted molar refractivity (Wildman–Crippen MR) is 174 cm³/mol. The normalized spacial score (nSPS) is 32.2. The van der Waals surface area contributed by atoms with Crippen molar-refractivity contribution in [3.63, 3.8) is 0 Å². The van der Waals surface area contributed by atoms with Crippen molar-refractivity contribution in [3.8, 4) is 0 Å². The lowest BCUT2D eigenvalue weighted by Gasteiger charge is -2.20. The van der Waals surface area contributed by atoms with Crippen LogP contribution in [0.25, 0.3) is 12.2 Å². The lowest BCUT2D eigenvalue weighted by atomic mass is 9.91. The number of hydrogen-bond acceptors (Lipinski definition) is 7. The molecule has 6 atom stereocenters. The Labute approximate surface area is 266 Å². The topological polar surface area (TPSA) is 178 Å². The molecule has 0 radical (unpaired) electrons. The van der Waals surface area contributed by atoms with Crippen molar-refractivity contribution in [3.05, 3.63) is 68.9 Å². The van der Waals surface area contributed by atoms with Gasteiger partial charge in [-0.05, 0) is 91.8 Å². The summed E-state index contributed by atoms with van der Waals surface area (Å²) in [5.74, 6) is -1.24.